The molecule has 94 valence electrons. The van der Waals surface area contributed by atoms with Crippen molar-refractivity contribution in [2.45, 2.75) is 18.6 Å². The number of aliphatic hydroxyl groups excluding tert-OH is 1. The maximum atomic E-state index is 11.2. The van der Waals surface area contributed by atoms with Gasteiger partial charge in [0.2, 0.25) is 0 Å². The third-order valence-corrected chi connectivity index (χ3v) is 3.64. The second-order valence-corrected chi connectivity index (χ2v) is 5.00. The van der Waals surface area contributed by atoms with Crippen LogP contribution in [0.1, 0.15) is 12.0 Å². The number of rotatable bonds is 2. The monoisotopic (exact) mass is 310 g/mol. The van der Waals surface area contributed by atoms with E-state index in [4.69, 9.17) is 10.4 Å². The van der Waals surface area contributed by atoms with E-state index in [0.717, 1.165) is 0 Å². The summed E-state index contributed by atoms with van der Waals surface area (Å²) >= 11 is 3.27. The maximum absolute atomic E-state index is 11.2. The molecule has 1 aromatic carbocycles. The van der Waals surface area contributed by atoms with Crippen molar-refractivity contribution < 1.29 is 15.0 Å². The van der Waals surface area contributed by atoms with Gasteiger partial charge in [0.05, 0.1) is 17.4 Å². The second kappa shape index (κ2) is 4.96. The fraction of sp³-hybridized carbons (Fsp3) is 0.333. The first-order chi connectivity index (χ1) is 8.54. The van der Waals surface area contributed by atoms with Crippen LogP contribution in [0.2, 0.25) is 0 Å². The van der Waals surface area contributed by atoms with Crippen LogP contribution < -0.4 is 4.90 Å². The normalized spacial score (nSPS) is 22.8. The third-order valence-electron chi connectivity index (χ3n) is 2.98. The van der Waals surface area contributed by atoms with Crippen LogP contribution >= 0.6 is 15.9 Å². The van der Waals surface area contributed by atoms with Crippen molar-refractivity contribution in [3.8, 4) is 6.07 Å². The molecule has 0 spiro atoms. The first-order valence-corrected chi connectivity index (χ1v) is 6.20. The number of benzene rings is 1. The molecule has 2 rings (SSSR count). The zero-order chi connectivity index (χ0) is 13.3. The summed E-state index contributed by atoms with van der Waals surface area (Å²) < 4.78 is 0.619. The minimum Gasteiger partial charge on any atom is -0.480 e. The lowest BCUT2D eigenvalue weighted by molar-refractivity contribution is -0.138. The molecule has 0 amide bonds. The van der Waals surface area contributed by atoms with Crippen LogP contribution in [-0.2, 0) is 4.79 Å². The summed E-state index contributed by atoms with van der Waals surface area (Å²) in [5, 5.41) is 27.9. The van der Waals surface area contributed by atoms with Gasteiger partial charge in [-0.05, 0) is 28.1 Å². The van der Waals surface area contributed by atoms with Crippen LogP contribution in [0.4, 0.5) is 5.69 Å². The average Bonchev–Trinajstić information content (AvgIpc) is 2.71. The van der Waals surface area contributed by atoms with E-state index in [-0.39, 0.29) is 13.0 Å². The molecular weight excluding hydrogens is 300 g/mol. The predicted molar refractivity (Wildman–Crippen MR) is 68.3 cm³/mol. The molecular formula is C12H11BrN2O3. The molecule has 1 aliphatic rings. The Labute approximate surface area is 112 Å². The summed E-state index contributed by atoms with van der Waals surface area (Å²) in [6.07, 6.45) is -0.510. The number of hydrogen-bond acceptors (Lipinski definition) is 4. The molecule has 2 N–H and O–H groups in total. The van der Waals surface area contributed by atoms with Gasteiger partial charge in [0.1, 0.15) is 12.1 Å². The molecule has 18 heavy (non-hydrogen) atoms. The van der Waals surface area contributed by atoms with Gasteiger partial charge in [-0.2, -0.15) is 5.26 Å². The Morgan fingerprint density at radius 3 is 2.89 bits per heavy atom. The standard InChI is InChI=1S/C12H11BrN2O3/c13-9-2-1-3-10(8(9)5-14)15-6-7(16)4-11(15)12(17)18/h1-3,7,11,16H,4,6H2,(H,17,18). The topological polar surface area (TPSA) is 84.6 Å². The minimum atomic E-state index is -0.990. The highest BCUT2D eigenvalue weighted by atomic mass is 79.9. The molecule has 0 aliphatic carbocycles. The number of nitrogens with zero attached hydrogens (tertiary/aromatic N) is 2. The van der Waals surface area contributed by atoms with Gasteiger partial charge in [-0.15, -0.1) is 0 Å². The molecule has 1 aliphatic heterocycles. The molecule has 1 aromatic rings. The number of nitriles is 1. The Hall–Kier alpha value is -1.58. The number of anilines is 1. The number of carbonyl (C=O) groups is 1. The molecule has 2 atom stereocenters. The lowest BCUT2D eigenvalue weighted by Crippen LogP contribution is -2.36. The number of aliphatic hydroxyl groups is 1. The Balaban J connectivity index is 2.45. The lowest BCUT2D eigenvalue weighted by atomic mass is 10.1. The van der Waals surface area contributed by atoms with E-state index in [1.807, 2.05) is 0 Å². The maximum Gasteiger partial charge on any atom is 0.326 e. The summed E-state index contributed by atoms with van der Waals surface area (Å²) in [5.74, 6) is -0.990. The number of carboxylic acid groups (broad SMARTS) is 1. The molecule has 2 unspecified atom stereocenters. The second-order valence-electron chi connectivity index (χ2n) is 4.14. The summed E-state index contributed by atoms with van der Waals surface area (Å²) in [7, 11) is 0. The van der Waals surface area contributed by atoms with Crippen molar-refractivity contribution in [1.82, 2.24) is 0 Å². The van der Waals surface area contributed by atoms with Crippen LogP contribution in [0.15, 0.2) is 22.7 Å². The fourth-order valence-electron chi connectivity index (χ4n) is 2.18. The SMILES string of the molecule is N#Cc1c(Br)cccc1N1CC(O)CC1C(=O)O. The Bertz CT molecular complexity index is 527. The van der Waals surface area contributed by atoms with Crippen LogP contribution in [0.3, 0.4) is 0 Å². The summed E-state index contributed by atoms with van der Waals surface area (Å²) in [5.41, 5.74) is 0.925. The molecule has 0 saturated carbocycles. The highest BCUT2D eigenvalue weighted by molar-refractivity contribution is 9.10. The number of hydrogen-bond donors (Lipinski definition) is 2. The van der Waals surface area contributed by atoms with Crippen LogP contribution in [0.25, 0.3) is 0 Å². The minimum absolute atomic E-state index is 0.173. The van der Waals surface area contributed by atoms with E-state index in [2.05, 4.69) is 22.0 Å². The summed E-state index contributed by atoms with van der Waals surface area (Å²) in [4.78, 5) is 12.7. The Morgan fingerprint density at radius 2 is 2.28 bits per heavy atom. The largest absolute Gasteiger partial charge is 0.480 e. The molecule has 0 aromatic heterocycles. The van der Waals surface area contributed by atoms with E-state index in [1.165, 1.54) is 0 Å². The van der Waals surface area contributed by atoms with Crippen molar-refractivity contribution in [3.05, 3.63) is 28.2 Å². The first kappa shape index (κ1) is 12.9. The van der Waals surface area contributed by atoms with Crippen molar-refractivity contribution in [3.63, 3.8) is 0 Å². The average molecular weight is 311 g/mol. The fourth-order valence-corrected chi connectivity index (χ4v) is 2.62. The molecule has 6 heteroatoms. The van der Waals surface area contributed by atoms with Crippen molar-refractivity contribution in [2.24, 2.45) is 0 Å². The third kappa shape index (κ3) is 2.19. The number of halogens is 1. The number of aliphatic carboxylic acids is 1. The number of carboxylic acids is 1. The Morgan fingerprint density at radius 1 is 1.56 bits per heavy atom. The molecule has 1 heterocycles. The molecule has 1 saturated heterocycles. The van der Waals surface area contributed by atoms with Gasteiger partial charge in [-0.1, -0.05) is 6.07 Å². The number of β-amino-alcohol motifs (C(OH)–C–C–N with tert-alkyl or cyclic N) is 1. The highest BCUT2D eigenvalue weighted by Crippen LogP contribution is 2.32. The van der Waals surface area contributed by atoms with Crippen molar-refractivity contribution in [2.75, 3.05) is 11.4 Å². The van der Waals surface area contributed by atoms with Crippen LogP contribution in [0.5, 0.6) is 0 Å². The van der Waals surface area contributed by atoms with E-state index >= 15 is 0 Å². The smallest absolute Gasteiger partial charge is 0.326 e. The first-order valence-electron chi connectivity index (χ1n) is 5.40. The van der Waals surface area contributed by atoms with Gasteiger partial charge in [-0.3, -0.25) is 0 Å². The quantitative estimate of drug-likeness (QED) is 0.861. The molecule has 1 fully saturated rings. The highest BCUT2D eigenvalue weighted by Gasteiger charge is 2.37. The summed E-state index contributed by atoms with van der Waals surface area (Å²) in [6, 6.07) is 6.42. The van der Waals surface area contributed by atoms with Gasteiger partial charge in [0, 0.05) is 17.4 Å². The lowest BCUT2D eigenvalue weighted by Gasteiger charge is -2.24. The van der Waals surface area contributed by atoms with E-state index in [9.17, 15) is 9.90 Å². The zero-order valence-corrected chi connectivity index (χ0v) is 11.0. The van der Waals surface area contributed by atoms with Gasteiger partial charge >= 0.3 is 5.97 Å². The molecule has 5 nitrogen and oxygen atoms in total. The Kier molecular flexibility index (Phi) is 3.55. The van der Waals surface area contributed by atoms with Crippen molar-refractivity contribution >= 4 is 27.6 Å². The predicted octanol–water partition coefficient (Wildman–Crippen LogP) is 1.34. The van der Waals surface area contributed by atoms with Gasteiger partial charge < -0.3 is 15.1 Å². The molecule has 0 bridgehead atoms. The van der Waals surface area contributed by atoms with Crippen molar-refractivity contribution in [1.29, 1.82) is 5.26 Å². The van der Waals surface area contributed by atoms with Crippen LogP contribution in [0, 0.1) is 11.3 Å². The zero-order valence-electron chi connectivity index (χ0n) is 9.38. The summed E-state index contributed by atoms with van der Waals surface area (Å²) in [6.45, 7) is 0.224. The molecule has 0 radical (unpaired) electrons. The van der Waals surface area contributed by atoms with Gasteiger partial charge in [0.15, 0.2) is 0 Å². The van der Waals surface area contributed by atoms with E-state index < -0.39 is 18.1 Å². The van der Waals surface area contributed by atoms with E-state index in [1.54, 1.807) is 23.1 Å². The van der Waals surface area contributed by atoms with E-state index in [0.29, 0.717) is 15.7 Å². The van der Waals surface area contributed by atoms with Crippen LogP contribution in [-0.4, -0.2) is 34.9 Å². The van der Waals surface area contributed by atoms with Gasteiger partial charge in [-0.25, -0.2) is 4.79 Å². The van der Waals surface area contributed by atoms with Gasteiger partial charge in [0.25, 0.3) is 0 Å².